The molecule has 2 heterocycles. The topological polar surface area (TPSA) is 146 Å². The summed E-state index contributed by atoms with van der Waals surface area (Å²) in [6, 6.07) is 12.2. The molecule has 0 spiro atoms. The molecule has 0 atom stereocenters. The summed E-state index contributed by atoms with van der Waals surface area (Å²) in [4.78, 5) is 37.6. The molecule has 0 aliphatic carbocycles. The maximum atomic E-state index is 13.3. The van der Waals surface area contributed by atoms with Crippen LogP contribution in [0.3, 0.4) is 0 Å². The van der Waals surface area contributed by atoms with Crippen LogP contribution in [0.1, 0.15) is 10.6 Å². The number of hydrogen-bond donors (Lipinski definition) is 4. The van der Waals surface area contributed by atoms with Gasteiger partial charge >= 0.3 is 11.4 Å². The van der Waals surface area contributed by atoms with Gasteiger partial charge in [0.05, 0.1) is 47.2 Å². The summed E-state index contributed by atoms with van der Waals surface area (Å²) in [5.74, 6) is 0. The number of thiazole rings is 1. The third kappa shape index (κ3) is 5.03. The third-order valence-corrected chi connectivity index (χ3v) is 6.38. The summed E-state index contributed by atoms with van der Waals surface area (Å²) < 4.78 is 2.87. The number of aryl methyl sites for hydroxylation is 1. The van der Waals surface area contributed by atoms with Gasteiger partial charge in [0.2, 0.25) is 5.62 Å². The highest BCUT2D eigenvalue weighted by Crippen LogP contribution is 2.25. The van der Waals surface area contributed by atoms with Crippen LogP contribution in [-0.2, 0) is 13.1 Å². The van der Waals surface area contributed by atoms with Gasteiger partial charge in [-0.1, -0.05) is 23.7 Å². The van der Waals surface area contributed by atoms with E-state index in [1.807, 2.05) is 19.1 Å². The maximum Gasteiger partial charge on any atom is 0.335 e. The Morgan fingerprint density at radius 1 is 1.12 bits per heavy atom. The zero-order valence-corrected chi connectivity index (χ0v) is 19.7. The van der Waals surface area contributed by atoms with Crippen molar-refractivity contribution in [2.45, 2.75) is 25.6 Å². The van der Waals surface area contributed by atoms with E-state index in [4.69, 9.17) is 11.6 Å². The molecule has 0 saturated heterocycles. The van der Waals surface area contributed by atoms with Crippen molar-refractivity contribution in [3.63, 3.8) is 0 Å². The normalized spacial score (nSPS) is 12.6. The van der Waals surface area contributed by atoms with Crippen LogP contribution in [0.15, 0.2) is 57.0 Å². The fourth-order valence-corrected chi connectivity index (χ4v) is 4.35. The molecule has 0 bridgehead atoms. The second-order valence-electron chi connectivity index (χ2n) is 7.87. The Hall–Kier alpha value is -3.09. The van der Waals surface area contributed by atoms with Crippen molar-refractivity contribution >= 4 is 38.8 Å². The summed E-state index contributed by atoms with van der Waals surface area (Å²) >= 11 is 7.47. The first-order valence-electron chi connectivity index (χ1n) is 10.3. The van der Waals surface area contributed by atoms with Crippen LogP contribution >= 0.6 is 22.9 Å². The Bertz CT molecular complexity index is 1520. The number of benzene rings is 2. The van der Waals surface area contributed by atoms with Gasteiger partial charge in [-0.3, -0.25) is 9.55 Å². The minimum absolute atomic E-state index is 0.00155. The minimum Gasteiger partial charge on any atom is -0.393 e. The largest absolute Gasteiger partial charge is 0.393 e. The molecule has 0 unspecified atom stereocenters. The predicted molar refractivity (Wildman–Crippen MR) is 129 cm³/mol. The highest BCUT2D eigenvalue weighted by molar-refractivity contribution is 7.18. The molecule has 4 N–H and O–H groups in total. The molecule has 0 amide bonds. The number of hydrogen-bond acceptors (Lipinski definition) is 8. The van der Waals surface area contributed by atoms with E-state index >= 15 is 0 Å². The number of aliphatic hydroxyl groups excluding tert-OH is 2. The second kappa shape index (κ2) is 9.65. The third-order valence-electron chi connectivity index (χ3n) is 5.19. The molecule has 0 aliphatic rings. The number of nitrogens with zero attached hydrogens (tertiary/aromatic N) is 4. The van der Waals surface area contributed by atoms with Crippen molar-refractivity contribution in [2.24, 2.45) is 4.99 Å². The van der Waals surface area contributed by atoms with Gasteiger partial charge < -0.3 is 15.3 Å². The Morgan fingerprint density at radius 3 is 2.50 bits per heavy atom. The van der Waals surface area contributed by atoms with Gasteiger partial charge in [-0.05, 0) is 42.8 Å². The van der Waals surface area contributed by atoms with E-state index in [1.54, 1.807) is 30.3 Å². The van der Waals surface area contributed by atoms with E-state index in [-0.39, 0.29) is 12.2 Å². The van der Waals surface area contributed by atoms with E-state index in [0.29, 0.717) is 10.7 Å². The lowest BCUT2D eigenvalue weighted by molar-refractivity contribution is -0.0676. The van der Waals surface area contributed by atoms with E-state index in [0.717, 1.165) is 25.4 Å². The summed E-state index contributed by atoms with van der Waals surface area (Å²) in [5, 5.41) is 30.6. The van der Waals surface area contributed by atoms with E-state index in [9.17, 15) is 24.9 Å². The zero-order chi connectivity index (χ0) is 24.5. The monoisotopic (exact) mass is 503 g/mol. The second-order valence-corrected chi connectivity index (χ2v) is 9.54. The number of rotatable bonds is 7. The molecule has 178 valence electrons. The van der Waals surface area contributed by atoms with Gasteiger partial charge in [0.1, 0.15) is 5.60 Å². The van der Waals surface area contributed by atoms with Crippen LogP contribution in [0.2, 0.25) is 5.02 Å². The Balaban J connectivity index is 1.90. The lowest BCUT2D eigenvalue weighted by Crippen LogP contribution is -2.55. The smallest absolute Gasteiger partial charge is 0.335 e. The summed E-state index contributed by atoms with van der Waals surface area (Å²) in [7, 11) is 0. The molecule has 4 rings (SSSR count). The van der Waals surface area contributed by atoms with Crippen molar-refractivity contribution in [1.29, 1.82) is 0 Å². The highest BCUT2D eigenvalue weighted by Gasteiger charge is 2.28. The van der Waals surface area contributed by atoms with Crippen LogP contribution in [0.4, 0.5) is 5.69 Å². The first kappa shape index (κ1) is 24.0. The van der Waals surface area contributed by atoms with Crippen LogP contribution in [-0.4, -0.2) is 53.2 Å². The van der Waals surface area contributed by atoms with Crippen LogP contribution in [0, 0.1) is 6.92 Å². The van der Waals surface area contributed by atoms with E-state index in [1.165, 1.54) is 15.9 Å². The maximum absolute atomic E-state index is 13.3. The first-order valence-corrected chi connectivity index (χ1v) is 11.5. The number of nitrogens with one attached hydrogen (secondary N) is 1. The molecule has 0 fully saturated rings. The van der Waals surface area contributed by atoms with Crippen LogP contribution < -0.4 is 17.0 Å². The van der Waals surface area contributed by atoms with Crippen molar-refractivity contribution < 1.29 is 15.3 Å². The fraction of sp³-hybridized carbons (Fsp3) is 0.273. The molecule has 4 aromatic rings. The number of H-pyrrole nitrogens is 1. The van der Waals surface area contributed by atoms with Gasteiger partial charge in [-0.15, -0.1) is 11.3 Å². The average molecular weight is 504 g/mol. The molecular weight excluding hydrogens is 482 g/mol. The van der Waals surface area contributed by atoms with Gasteiger partial charge in [-0.25, -0.2) is 24.1 Å². The summed E-state index contributed by atoms with van der Waals surface area (Å²) in [6.07, 6.45) is 0. The number of halogens is 1. The zero-order valence-electron chi connectivity index (χ0n) is 18.1. The van der Waals surface area contributed by atoms with Gasteiger partial charge in [0.15, 0.2) is 0 Å². The number of aromatic nitrogens is 4. The molecule has 2 aromatic carbocycles. The summed E-state index contributed by atoms with van der Waals surface area (Å²) in [5.41, 5.74) is -1.61. The van der Waals surface area contributed by atoms with Gasteiger partial charge in [-0.2, -0.15) is 0 Å². The molecular formula is C22H22ClN5O5S. The first-order chi connectivity index (χ1) is 16.2. The standard InChI is InChI=1S/C22H22ClN5O5S/c1-13-24-17-7-6-16(8-18(17)34-13)25-19-26-20(31)28(10-22(33,11-29)12-30)21(32)27(19)9-14-2-4-15(23)5-3-14/h2-8,29-30,33H,9-12H2,1H3,(H,25,26,31). The highest BCUT2D eigenvalue weighted by atomic mass is 35.5. The summed E-state index contributed by atoms with van der Waals surface area (Å²) in [6.45, 7) is -0.343. The lowest BCUT2D eigenvalue weighted by Gasteiger charge is -2.23. The van der Waals surface area contributed by atoms with Gasteiger partial charge in [0.25, 0.3) is 0 Å². The number of fused-ring (bicyclic) bond motifs is 1. The molecule has 12 heteroatoms. The molecule has 0 saturated carbocycles. The number of aromatic amines is 1. The van der Waals surface area contributed by atoms with Gasteiger partial charge in [0, 0.05) is 5.02 Å². The minimum atomic E-state index is -2.05. The SMILES string of the molecule is Cc1nc2ccc(/N=c3\[nH]c(=O)n(CC(O)(CO)CO)c(=O)n3Cc3ccc(Cl)cc3)cc2s1. The van der Waals surface area contributed by atoms with Crippen LogP contribution in [0.25, 0.3) is 10.2 Å². The quantitative estimate of drug-likeness (QED) is 0.295. The molecule has 2 aromatic heterocycles. The molecule has 34 heavy (non-hydrogen) atoms. The van der Waals surface area contributed by atoms with E-state index in [2.05, 4.69) is 15.0 Å². The Morgan fingerprint density at radius 2 is 1.82 bits per heavy atom. The van der Waals surface area contributed by atoms with Crippen molar-refractivity contribution in [2.75, 3.05) is 13.2 Å². The average Bonchev–Trinajstić information content (AvgIpc) is 3.19. The Kier molecular flexibility index (Phi) is 6.82. The van der Waals surface area contributed by atoms with E-state index < -0.39 is 36.7 Å². The molecule has 0 aliphatic heterocycles. The molecule has 0 radical (unpaired) electrons. The number of aliphatic hydroxyl groups is 3. The lowest BCUT2D eigenvalue weighted by atomic mass is 10.1. The van der Waals surface area contributed by atoms with Crippen molar-refractivity contribution in [3.8, 4) is 0 Å². The van der Waals surface area contributed by atoms with Crippen molar-refractivity contribution in [3.05, 3.63) is 84.6 Å². The van der Waals surface area contributed by atoms with Crippen molar-refractivity contribution in [1.82, 2.24) is 19.1 Å². The Labute approximate surface area is 201 Å². The molecule has 10 nitrogen and oxygen atoms in total. The predicted octanol–water partition coefficient (Wildman–Crippen LogP) is 0.906. The van der Waals surface area contributed by atoms with Crippen LogP contribution in [0.5, 0.6) is 0 Å². The fourth-order valence-electron chi connectivity index (χ4n) is 3.36.